The van der Waals surface area contributed by atoms with Gasteiger partial charge < -0.3 is 0 Å². The van der Waals surface area contributed by atoms with E-state index < -0.39 is 11.7 Å². The van der Waals surface area contributed by atoms with Crippen LogP contribution in [0.15, 0.2) is 30.3 Å². The number of ketones is 1. The van der Waals surface area contributed by atoms with Crippen molar-refractivity contribution < 1.29 is 13.6 Å². The maximum Gasteiger partial charge on any atom is 0.369 e. The van der Waals surface area contributed by atoms with E-state index in [4.69, 9.17) is 0 Å². The summed E-state index contributed by atoms with van der Waals surface area (Å²) in [6.45, 7) is 0. The molecule has 0 spiro atoms. The molecule has 0 fully saturated rings. The third kappa shape index (κ3) is 1.91. The SMILES string of the molecule is C#CC(F)(F)C(=O)c1ccccc1. The molecular formula is C10H6F2O. The van der Waals surface area contributed by atoms with Crippen molar-refractivity contribution in [3.8, 4) is 12.3 Å². The van der Waals surface area contributed by atoms with Gasteiger partial charge in [-0.2, -0.15) is 8.78 Å². The Morgan fingerprint density at radius 1 is 1.31 bits per heavy atom. The largest absolute Gasteiger partial charge is 0.369 e. The first-order valence-electron chi connectivity index (χ1n) is 3.53. The fourth-order valence-corrected chi connectivity index (χ4v) is 0.836. The summed E-state index contributed by atoms with van der Waals surface area (Å²) in [4.78, 5) is 11.0. The Labute approximate surface area is 74.4 Å². The Morgan fingerprint density at radius 3 is 2.31 bits per heavy atom. The minimum absolute atomic E-state index is 0.0783. The zero-order valence-electron chi connectivity index (χ0n) is 6.63. The summed E-state index contributed by atoms with van der Waals surface area (Å²) in [7, 11) is 0. The molecule has 0 amide bonds. The number of hydrogen-bond acceptors (Lipinski definition) is 1. The Balaban J connectivity index is 3.01. The van der Waals surface area contributed by atoms with E-state index in [2.05, 4.69) is 6.42 Å². The van der Waals surface area contributed by atoms with E-state index in [9.17, 15) is 13.6 Å². The molecule has 0 radical (unpaired) electrons. The van der Waals surface area contributed by atoms with Crippen LogP contribution in [0.25, 0.3) is 0 Å². The highest BCUT2D eigenvalue weighted by Crippen LogP contribution is 2.18. The maximum atomic E-state index is 12.6. The molecule has 1 rings (SSSR count). The molecule has 0 aliphatic carbocycles. The van der Waals surface area contributed by atoms with Crippen molar-refractivity contribution >= 4 is 5.78 Å². The molecule has 0 atom stereocenters. The van der Waals surface area contributed by atoms with Crippen LogP contribution < -0.4 is 0 Å². The average Bonchev–Trinajstić information content (AvgIpc) is 2.18. The Kier molecular flexibility index (Phi) is 2.43. The van der Waals surface area contributed by atoms with Gasteiger partial charge in [0, 0.05) is 5.56 Å². The van der Waals surface area contributed by atoms with Crippen LogP contribution in [-0.4, -0.2) is 11.7 Å². The lowest BCUT2D eigenvalue weighted by Crippen LogP contribution is -2.26. The second-order valence-corrected chi connectivity index (χ2v) is 2.41. The lowest BCUT2D eigenvalue weighted by atomic mass is 10.1. The van der Waals surface area contributed by atoms with Gasteiger partial charge >= 0.3 is 5.92 Å². The third-order valence-corrected chi connectivity index (χ3v) is 1.50. The van der Waals surface area contributed by atoms with Crippen molar-refractivity contribution in [1.82, 2.24) is 0 Å². The van der Waals surface area contributed by atoms with Gasteiger partial charge in [0.15, 0.2) is 0 Å². The molecule has 0 unspecified atom stereocenters. The molecule has 0 saturated heterocycles. The van der Waals surface area contributed by atoms with E-state index in [0.717, 1.165) is 5.92 Å². The lowest BCUT2D eigenvalue weighted by Gasteiger charge is -2.06. The van der Waals surface area contributed by atoms with Crippen LogP contribution >= 0.6 is 0 Å². The smallest absolute Gasteiger partial charge is 0.286 e. The zero-order valence-corrected chi connectivity index (χ0v) is 6.63. The second-order valence-electron chi connectivity index (χ2n) is 2.41. The van der Waals surface area contributed by atoms with Gasteiger partial charge in [-0.3, -0.25) is 4.79 Å². The number of rotatable bonds is 2. The molecule has 0 N–H and O–H groups in total. The van der Waals surface area contributed by atoms with Gasteiger partial charge in [0.05, 0.1) is 0 Å². The number of terminal acetylenes is 1. The van der Waals surface area contributed by atoms with E-state index in [-0.39, 0.29) is 5.56 Å². The van der Waals surface area contributed by atoms with Gasteiger partial charge in [0.2, 0.25) is 5.78 Å². The summed E-state index contributed by atoms with van der Waals surface area (Å²) in [5.41, 5.74) is -0.0783. The highest BCUT2D eigenvalue weighted by atomic mass is 19.3. The first-order valence-corrected chi connectivity index (χ1v) is 3.53. The van der Waals surface area contributed by atoms with E-state index in [1.54, 1.807) is 6.07 Å². The molecule has 0 saturated carbocycles. The molecule has 0 aliphatic heterocycles. The van der Waals surface area contributed by atoms with Crippen molar-refractivity contribution in [3.63, 3.8) is 0 Å². The zero-order chi connectivity index (χ0) is 9.90. The van der Waals surface area contributed by atoms with Gasteiger partial charge in [-0.25, -0.2) is 0 Å². The first kappa shape index (κ1) is 9.40. The normalized spacial score (nSPS) is 10.5. The molecule has 0 bridgehead atoms. The van der Waals surface area contributed by atoms with Crippen molar-refractivity contribution in [2.75, 3.05) is 0 Å². The quantitative estimate of drug-likeness (QED) is 0.503. The van der Waals surface area contributed by atoms with Gasteiger partial charge in [0.25, 0.3) is 0 Å². The van der Waals surface area contributed by atoms with E-state index in [1.807, 2.05) is 0 Å². The summed E-state index contributed by atoms with van der Waals surface area (Å²) in [5, 5.41) is 0. The van der Waals surface area contributed by atoms with Crippen molar-refractivity contribution in [2.24, 2.45) is 0 Å². The highest BCUT2D eigenvalue weighted by Gasteiger charge is 2.36. The lowest BCUT2D eigenvalue weighted by molar-refractivity contribution is 0.0429. The number of alkyl halides is 2. The number of carbonyl (C=O) groups is 1. The third-order valence-electron chi connectivity index (χ3n) is 1.50. The van der Waals surface area contributed by atoms with Gasteiger partial charge in [0.1, 0.15) is 0 Å². The fraction of sp³-hybridized carbons (Fsp3) is 0.100. The summed E-state index contributed by atoms with van der Waals surface area (Å²) < 4.78 is 25.3. The van der Waals surface area contributed by atoms with Crippen LogP contribution in [0.2, 0.25) is 0 Å². The van der Waals surface area contributed by atoms with E-state index in [0.29, 0.717) is 0 Å². The summed E-state index contributed by atoms with van der Waals surface area (Å²) in [5.74, 6) is -3.89. The predicted octanol–water partition coefficient (Wildman–Crippen LogP) is 2.14. The fourth-order valence-electron chi connectivity index (χ4n) is 0.836. The van der Waals surface area contributed by atoms with Crippen molar-refractivity contribution in [2.45, 2.75) is 5.92 Å². The summed E-state index contributed by atoms with van der Waals surface area (Å²) in [6.07, 6.45) is 4.52. The Morgan fingerprint density at radius 2 is 1.85 bits per heavy atom. The molecular weight excluding hydrogens is 174 g/mol. The topological polar surface area (TPSA) is 17.1 Å². The van der Waals surface area contributed by atoms with E-state index in [1.165, 1.54) is 24.3 Å². The van der Waals surface area contributed by atoms with Crippen LogP contribution in [0.1, 0.15) is 10.4 Å². The van der Waals surface area contributed by atoms with Gasteiger partial charge in [-0.15, -0.1) is 6.42 Å². The molecule has 1 nitrogen and oxygen atoms in total. The summed E-state index contributed by atoms with van der Waals surface area (Å²) >= 11 is 0. The van der Waals surface area contributed by atoms with E-state index >= 15 is 0 Å². The highest BCUT2D eigenvalue weighted by molar-refractivity contribution is 6.03. The number of benzene rings is 1. The van der Waals surface area contributed by atoms with Gasteiger partial charge in [-0.1, -0.05) is 30.3 Å². The second kappa shape index (κ2) is 3.36. The van der Waals surface area contributed by atoms with Crippen LogP contribution in [0.4, 0.5) is 8.78 Å². The number of halogens is 2. The van der Waals surface area contributed by atoms with Crippen molar-refractivity contribution in [1.29, 1.82) is 0 Å². The molecule has 3 heteroatoms. The molecule has 0 aromatic heterocycles. The van der Waals surface area contributed by atoms with Crippen molar-refractivity contribution in [3.05, 3.63) is 35.9 Å². The van der Waals surface area contributed by atoms with Crippen LogP contribution in [0.5, 0.6) is 0 Å². The van der Waals surface area contributed by atoms with Crippen LogP contribution in [0, 0.1) is 12.3 Å². The first-order chi connectivity index (χ1) is 6.08. The predicted molar refractivity (Wildman–Crippen MR) is 44.6 cm³/mol. The number of carbonyl (C=O) groups excluding carboxylic acids is 1. The number of Topliss-reactive ketones (excluding diaryl/α,β-unsaturated/α-hetero) is 1. The van der Waals surface area contributed by atoms with Gasteiger partial charge in [-0.05, 0) is 5.92 Å². The Hall–Kier alpha value is -1.69. The summed E-state index contributed by atoms with van der Waals surface area (Å²) in [6, 6.07) is 7.23. The minimum Gasteiger partial charge on any atom is -0.286 e. The average molecular weight is 180 g/mol. The van der Waals surface area contributed by atoms with Crippen LogP contribution in [0.3, 0.4) is 0 Å². The molecule has 66 valence electrons. The Bertz CT molecular complexity index is 349. The molecule has 0 aliphatic rings. The number of hydrogen-bond donors (Lipinski definition) is 0. The maximum absolute atomic E-state index is 12.6. The standard InChI is InChI=1S/C10H6F2O/c1-2-10(11,12)9(13)8-6-4-3-5-7-8/h1,3-7H. The minimum atomic E-state index is -3.71. The monoisotopic (exact) mass is 180 g/mol. The molecule has 1 aromatic carbocycles. The molecule has 0 heterocycles. The molecule has 13 heavy (non-hydrogen) atoms. The molecule has 1 aromatic rings. The van der Waals surface area contributed by atoms with Crippen LogP contribution in [-0.2, 0) is 0 Å².